The minimum Gasteiger partial charge on any atom is -0.368 e. The largest absolute Gasteiger partial charge is 0.368 e. The number of nitro groups is 1. The fourth-order valence-corrected chi connectivity index (χ4v) is 3.83. The summed E-state index contributed by atoms with van der Waals surface area (Å²) in [7, 11) is 0. The van der Waals surface area contributed by atoms with Crippen LogP contribution in [0.5, 0.6) is 0 Å². The zero-order valence-electron chi connectivity index (χ0n) is 15.5. The van der Waals surface area contributed by atoms with E-state index in [0.717, 1.165) is 42.4 Å². The molecule has 1 saturated heterocycles. The third-order valence-electron chi connectivity index (χ3n) is 4.53. The lowest BCUT2D eigenvalue weighted by molar-refractivity contribution is -0.380. The number of aromatic nitrogens is 3. The Morgan fingerprint density at radius 1 is 0.966 bits per heavy atom. The van der Waals surface area contributed by atoms with Crippen LogP contribution in [0.15, 0.2) is 42.5 Å². The van der Waals surface area contributed by atoms with Crippen molar-refractivity contribution in [3.63, 3.8) is 0 Å². The summed E-state index contributed by atoms with van der Waals surface area (Å²) >= 11 is 1.09. The van der Waals surface area contributed by atoms with Crippen LogP contribution in [0.1, 0.15) is 10.7 Å². The van der Waals surface area contributed by atoms with E-state index >= 15 is 0 Å². The minimum absolute atomic E-state index is 0.0942. The molecule has 1 aliphatic rings. The van der Waals surface area contributed by atoms with Crippen LogP contribution in [0.4, 0.5) is 22.6 Å². The van der Waals surface area contributed by atoms with Gasteiger partial charge in [0.15, 0.2) is 5.82 Å². The fraction of sp³-hybridized carbons (Fsp3) is 0.211. The molecule has 0 spiro atoms. The van der Waals surface area contributed by atoms with Gasteiger partial charge in [-0.2, -0.15) is 15.0 Å². The quantitative estimate of drug-likeness (QED) is 0.505. The van der Waals surface area contributed by atoms with Crippen molar-refractivity contribution in [1.82, 2.24) is 15.0 Å². The van der Waals surface area contributed by atoms with Crippen LogP contribution in [-0.2, 0) is 0 Å². The van der Waals surface area contributed by atoms with Gasteiger partial charge < -0.3 is 15.5 Å². The van der Waals surface area contributed by atoms with E-state index in [9.17, 15) is 10.1 Å². The number of rotatable bonds is 5. The summed E-state index contributed by atoms with van der Waals surface area (Å²) in [6.07, 6.45) is 3.43. The number of hydrogen-bond acceptors (Lipinski definition) is 9. The molecule has 0 radical (unpaired) electrons. The molecule has 1 fully saturated rings. The van der Waals surface area contributed by atoms with E-state index < -0.39 is 4.92 Å². The van der Waals surface area contributed by atoms with E-state index in [2.05, 4.69) is 36.9 Å². The molecule has 2 N–H and O–H groups in total. The van der Waals surface area contributed by atoms with Crippen molar-refractivity contribution < 1.29 is 4.92 Å². The van der Waals surface area contributed by atoms with Gasteiger partial charge in [-0.3, -0.25) is 10.1 Å². The number of anilines is 3. The average molecular weight is 409 g/mol. The third kappa shape index (κ3) is 4.49. The van der Waals surface area contributed by atoms with Gasteiger partial charge in [0.1, 0.15) is 0 Å². The molecule has 0 amide bonds. The number of para-hydroxylation sites is 1. The number of piperazine rings is 1. The smallest absolute Gasteiger partial charge is 0.324 e. The first-order valence-electron chi connectivity index (χ1n) is 9.07. The third-order valence-corrected chi connectivity index (χ3v) is 5.53. The molecule has 0 unspecified atom stereocenters. The van der Waals surface area contributed by atoms with E-state index in [0.29, 0.717) is 11.8 Å². The number of nitrogens with two attached hydrogens (primary N) is 1. The van der Waals surface area contributed by atoms with Gasteiger partial charge in [-0.15, -0.1) is 0 Å². The lowest BCUT2D eigenvalue weighted by Crippen LogP contribution is -2.47. The number of thiophene rings is 1. The predicted octanol–water partition coefficient (Wildman–Crippen LogP) is 2.92. The highest BCUT2D eigenvalue weighted by Gasteiger charge is 2.20. The van der Waals surface area contributed by atoms with E-state index in [1.165, 1.54) is 11.8 Å². The number of hydrogen-bond donors (Lipinski definition) is 1. The van der Waals surface area contributed by atoms with Crippen molar-refractivity contribution in [2.24, 2.45) is 0 Å². The Hall–Kier alpha value is -3.53. The summed E-state index contributed by atoms with van der Waals surface area (Å²) < 4.78 is 0. The van der Waals surface area contributed by atoms with E-state index in [-0.39, 0.29) is 10.9 Å². The Bertz CT molecular complexity index is 1030. The summed E-state index contributed by atoms with van der Waals surface area (Å²) in [5.74, 6) is 1.12. The molecule has 9 nitrogen and oxygen atoms in total. The SMILES string of the molecule is Nc1nc(/C=C/c2ccc([N+](=O)[O-])s2)nc(N2CCN(c3ccccc3)CC2)n1. The zero-order chi connectivity index (χ0) is 20.2. The van der Waals surface area contributed by atoms with Crippen LogP contribution in [0.2, 0.25) is 0 Å². The fourth-order valence-electron chi connectivity index (χ4n) is 3.10. The summed E-state index contributed by atoms with van der Waals surface area (Å²) in [4.78, 5) is 28.5. The molecule has 0 atom stereocenters. The number of benzene rings is 1. The molecule has 3 heterocycles. The highest BCUT2D eigenvalue weighted by Crippen LogP contribution is 2.25. The summed E-state index contributed by atoms with van der Waals surface area (Å²) in [6.45, 7) is 3.27. The van der Waals surface area contributed by atoms with Crippen LogP contribution in [0.3, 0.4) is 0 Å². The Kier molecular flexibility index (Phi) is 5.34. The van der Waals surface area contributed by atoms with Gasteiger partial charge in [0.25, 0.3) is 0 Å². The summed E-state index contributed by atoms with van der Waals surface area (Å²) in [6, 6.07) is 13.5. The van der Waals surface area contributed by atoms with Gasteiger partial charge >= 0.3 is 5.00 Å². The molecule has 3 aromatic rings. The van der Waals surface area contributed by atoms with E-state index in [1.54, 1.807) is 18.2 Å². The van der Waals surface area contributed by atoms with Gasteiger partial charge in [-0.25, -0.2) is 0 Å². The van der Waals surface area contributed by atoms with Crippen molar-refractivity contribution in [2.45, 2.75) is 0 Å². The molecule has 0 bridgehead atoms. The van der Waals surface area contributed by atoms with Crippen LogP contribution < -0.4 is 15.5 Å². The lowest BCUT2D eigenvalue weighted by atomic mass is 10.2. The average Bonchev–Trinajstić information content (AvgIpc) is 3.22. The Morgan fingerprint density at radius 2 is 1.69 bits per heavy atom. The van der Waals surface area contributed by atoms with Crippen LogP contribution >= 0.6 is 11.3 Å². The van der Waals surface area contributed by atoms with Gasteiger partial charge in [0, 0.05) is 42.8 Å². The topological polar surface area (TPSA) is 114 Å². The van der Waals surface area contributed by atoms with Crippen molar-refractivity contribution in [2.75, 3.05) is 41.7 Å². The van der Waals surface area contributed by atoms with Crippen molar-refractivity contribution in [1.29, 1.82) is 0 Å². The molecule has 2 aromatic heterocycles. The van der Waals surface area contributed by atoms with E-state index in [4.69, 9.17) is 5.73 Å². The van der Waals surface area contributed by atoms with E-state index in [1.807, 2.05) is 18.2 Å². The maximum Gasteiger partial charge on any atom is 0.324 e. The van der Waals surface area contributed by atoms with Crippen molar-refractivity contribution in [3.05, 3.63) is 63.3 Å². The molecular weight excluding hydrogens is 390 g/mol. The van der Waals surface area contributed by atoms with Gasteiger partial charge in [0.05, 0.1) is 4.92 Å². The number of nitrogen functional groups attached to an aromatic ring is 1. The molecular formula is C19H19N7O2S. The molecule has 10 heteroatoms. The maximum absolute atomic E-state index is 10.8. The van der Waals surface area contributed by atoms with Crippen molar-refractivity contribution in [3.8, 4) is 0 Å². The Morgan fingerprint density at radius 3 is 2.38 bits per heavy atom. The highest BCUT2D eigenvalue weighted by molar-refractivity contribution is 7.16. The lowest BCUT2D eigenvalue weighted by Gasteiger charge is -2.36. The summed E-state index contributed by atoms with van der Waals surface area (Å²) in [5, 5.41) is 10.9. The van der Waals surface area contributed by atoms with Gasteiger partial charge in [-0.05, 0) is 30.4 Å². The zero-order valence-corrected chi connectivity index (χ0v) is 16.3. The highest BCUT2D eigenvalue weighted by atomic mass is 32.1. The molecule has 148 valence electrons. The first-order valence-corrected chi connectivity index (χ1v) is 9.89. The molecule has 4 rings (SSSR count). The van der Waals surface area contributed by atoms with Crippen LogP contribution in [0, 0.1) is 10.1 Å². The molecule has 1 aliphatic heterocycles. The molecule has 29 heavy (non-hydrogen) atoms. The molecule has 1 aromatic carbocycles. The van der Waals surface area contributed by atoms with Gasteiger partial charge in [0.2, 0.25) is 11.9 Å². The van der Waals surface area contributed by atoms with Crippen LogP contribution in [-0.4, -0.2) is 46.1 Å². The first-order chi connectivity index (χ1) is 14.1. The monoisotopic (exact) mass is 409 g/mol. The van der Waals surface area contributed by atoms with Crippen LogP contribution in [0.25, 0.3) is 12.2 Å². The minimum atomic E-state index is -0.407. The molecule has 0 aliphatic carbocycles. The van der Waals surface area contributed by atoms with Gasteiger partial charge in [-0.1, -0.05) is 29.5 Å². The Balaban J connectivity index is 1.46. The standard InChI is InChI=1S/C19H19N7O2S/c20-18-21-16(8-6-15-7-9-17(29-15)26(27)28)22-19(23-18)25-12-10-24(11-13-25)14-4-2-1-3-5-14/h1-9H,10-13H2,(H2,20,21,22,23)/b8-6+. The maximum atomic E-state index is 10.8. The molecule has 0 saturated carbocycles. The first kappa shape index (κ1) is 18.8. The van der Waals surface area contributed by atoms with Crippen molar-refractivity contribution >= 4 is 46.1 Å². The second kappa shape index (κ2) is 8.23. The Labute approximate surface area is 171 Å². The predicted molar refractivity (Wildman–Crippen MR) is 115 cm³/mol. The second-order valence-corrected chi connectivity index (χ2v) is 7.52. The summed E-state index contributed by atoms with van der Waals surface area (Å²) in [5.41, 5.74) is 7.08. The number of nitrogens with zero attached hydrogens (tertiary/aromatic N) is 6. The normalized spacial score (nSPS) is 14.5. The second-order valence-electron chi connectivity index (χ2n) is 6.43.